The molecule has 0 bridgehead atoms. The first-order chi connectivity index (χ1) is 21.6. The van der Waals surface area contributed by atoms with Crippen LogP contribution in [0.25, 0.3) is 0 Å². The minimum Gasteiger partial charge on any atom is -0.392 e. The van der Waals surface area contributed by atoms with E-state index < -0.39 is 0 Å². The summed E-state index contributed by atoms with van der Waals surface area (Å²) >= 11 is 0. The van der Waals surface area contributed by atoms with Crippen LogP contribution in [0.2, 0.25) is 0 Å². The van der Waals surface area contributed by atoms with Gasteiger partial charge in [0.05, 0.1) is 12.2 Å². The van der Waals surface area contributed by atoms with Crippen LogP contribution >= 0.6 is 0 Å². The highest BCUT2D eigenvalue weighted by Crippen LogP contribution is 2.14. The van der Waals surface area contributed by atoms with Gasteiger partial charge in [-0.2, -0.15) is 0 Å². The van der Waals surface area contributed by atoms with Gasteiger partial charge in [0.25, 0.3) is 0 Å². The highest BCUT2D eigenvalue weighted by atomic mass is 16.3. The Balaban J connectivity index is 4.11. The molecular formula is C40H84N2O2. The molecule has 0 saturated heterocycles. The summed E-state index contributed by atoms with van der Waals surface area (Å²) < 4.78 is 0. The van der Waals surface area contributed by atoms with Crippen molar-refractivity contribution in [2.45, 2.75) is 220 Å². The second kappa shape index (κ2) is 35.7. The lowest BCUT2D eigenvalue weighted by Crippen LogP contribution is -2.36. The molecule has 0 aromatic carbocycles. The van der Waals surface area contributed by atoms with E-state index in [1.165, 1.54) is 167 Å². The van der Waals surface area contributed by atoms with Gasteiger partial charge < -0.3 is 20.0 Å². The van der Waals surface area contributed by atoms with Crippen molar-refractivity contribution >= 4 is 0 Å². The smallest absolute Gasteiger partial charge is 0.0664 e. The van der Waals surface area contributed by atoms with E-state index in [-0.39, 0.29) is 12.2 Å². The lowest BCUT2D eigenvalue weighted by molar-refractivity contribution is 0.0989. The highest BCUT2D eigenvalue weighted by molar-refractivity contribution is 4.68. The molecule has 0 rings (SSSR count). The van der Waals surface area contributed by atoms with Crippen LogP contribution in [0.3, 0.4) is 0 Å². The van der Waals surface area contributed by atoms with Crippen molar-refractivity contribution < 1.29 is 10.2 Å². The van der Waals surface area contributed by atoms with Gasteiger partial charge in [0, 0.05) is 13.1 Å². The van der Waals surface area contributed by atoms with Gasteiger partial charge in [0.2, 0.25) is 0 Å². The summed E-state index contributed by atoms with van der Waals surface area (Å²) in [5, 5.41) is 20.7. The number of aliphatic hydroxyl groups excluding tert-OH is 2. The lowest BCUT2D eigenvalue weighted by atomic mass is 10.1. The fraction of sp³-hybridized carbons (Fsp3) is 1.00. The van der Waals surface area contributed by atoms with Crippen molar-refractivity contribution in [2.24, 2.45) is 0 Å². The first kappa shape index (κ1) is 43.8. The van der Waals surface area contributed by atoms with Crippen LogP contribution in [0.1, 0.15) is 207 Å². The van der Waals surface area contributed by atoms with E-state index >= 15 is 0 Å². The molecule has 0 aliphatic heterocycles. The zero-order chi connectivity index (χ0) is 32.4. The van der Waals surface area contributed by atoms with Crippen molar-refractivity contribution in [1.29, 1.82) is 0 Å². The van der Waals surface area contributed by atoms with Crippen molar-refractivity contribution in [3.05, 3.63) is 0 Å². The van der Waals surface area contributed by atoms with Crippen LogP contribution in [0.5, 0.6) is 0 Å². The van der Waals surface area contributed by atoms with Gasteiger partial charge in [-0.3, -0.25) is 0 Å². The lowest BCUT2D eigenvalue weighted by Gasteiger charge is -2.27. The second-order valence-corrected chi connectivity index (χ2v) is 14.2. The largest absolute Gasteiger partial charge is 0.392 e. The van der Waals surface area contributed by atoms with Crippen LogP contribution in [-0.4, -0.2) is 71.5 Å². The maximum Gasteiger partial charge on any atom is 0.0664 e. The van der Waals surface area contributed by atoms with E-state index in [2.05, 4.69) is 37.5 Å². The summed E-state index contributed by atoms with van der Waals surface area (Å²) in [4.78, 5) is 5.06. The van der Waals surface area contributed by atoms with Crippen LogP contribution in [0, 0.1) is 0 Å². The van der Waals surface area contributed by atoms with E-state index in [1.54, 1.807) is 0 Å². The van der Waals surface area contributed by atoms with E-state index in [0.29, 0.717) is 0 Å². The minimum absolute atomic E-state index is 0.200. The molecule has 2 N–H and O–H groups in total. The molecule has 0 saturated carbocycles. The molecule has 0 aromatic rings. The second-order valence-electron chi connectivity index (χ2n) is 14.2. The molecule has 0 aliphatic carbocycles. The minimum atomic E-state index is -0.200. The predicted molar refractivity (Wildman–Crippen MR) is 197 cm³/mol. The Labute approximate surface area is 278 Å². The third-order valence-corrected chi connectivity index (χ3v) is 9.73. The fourth-order valence-corrected chi connectivity index (χ4v) is 6.47. The zero-order valence-electron chi connectivity index (χ0n) is 31.0. The Morgan fingerprint density at radius 1 is 0.318 bits per heavy atom. The van der Waals surface area contributed by atoms with E-state index in [0.717, 1.165) is 52.1 Å². The molecule has 0 spiro atoms. The third-order valence-electron chi connectivity index (χ3n) is 9.73. The molecule has 4 nitrogen and oxygen atoms in total. The summed E-state index contributed by atoms with van der Waals surface area (Å²) in [6.07, 6.45) is 37.0. The SMILES string of the molecule is CCCCCCCCCCCCCCN(CCCCN(CCCCCCCCCCCCCC)CC(O)CC)CC(O)CC. The zero-order valence-corrected chi connectivity index (χ0v) is 31.0. The summed E-state index contributed by atoms with van der Waals surface area (Å²) in [5.41, 5.74) is 0. The molecule has 0 aromatic heterocycles. The van der Waals surface area contributed by atoms with Gasteiger partial charge in [0.1, 0.15) is 0 Å². The normalized spacial score (nSPS) is 13.4. The van der Waals surface area contributed by atoms with Crippen LogP contribution < -0.4 is 0 Å². The fourth-order valence-electron chi connectivity index (χ4n) is 6.47. The first-order valence-electron chi connectivity index (χ1n) is 20.4. The van der Waals surface area contributed by atoms with E-state index in [1.807, 2.05) is 0 Å². The molecular weight excluding hydrogens is 540 g/mol. The number of hydrogen-bond donors (Lipinski definition) is 2. The average Bonchev–Trinajstić information content (AvgIpc) is 3.03. The number of aliphatic hydroxyl groups is 2. The Kier molecular flexibility index (Phi) is 35.6. The van der Waals surface area contributed by atoms with E-state index in [9.17, 15) is 10.2 Å². The molecule has 0 aliphatic rings. The highest BCUT2D eigenvalue weighted by Gasteiger charge is 2.13. The van der Waals surface area contributed by atoms with Crippen LogP contribution in [0.15, 0.2) is 0 Å². The summed E-state index contributed by atoms with van der Waals surface area (Å²) in [5.74, 6) is 0. The Morgan fingerprint density at radius 2 is 0.523 bits per heavy atom. The molecule has 266 valence electrons. The summed E-state index contributed by atoms with van der Waals surface area (Å²) in [7, 11) is 0. The van der Waals surface area contributed by atoms with Gasteiger partial charge in [-0.25, -0.2) is 0 Å². The monoisotopic (exact) mass is 625 g/mol. The average molecular weight is 625 g/mol. The molecule has 0 radical (unpaired) electrons. The van der Waals surface area contributed by atoms with Crippen molar-refractivity contribution in [3.8, 4) is 0 Å². The number of unbranched alkanes of at least 4 members (excludes halogenated alkanes) is 23. The van der Waals surface area contributed by atoms with Gasteiger partial charge in [-0.15, -0.1) is 0 Å². The van der Waals surface area contributed by atoms with Crippen molar-refractivity contribution in [2.75, 3.05) is 39.3 Å². The molecule has 0 fully saturated rings. The Hall–Kier alpha value is -0.160. The maximum absolute atomic E-state index is 10.4. The number of hydrogen-bond acceptors (Lipinski definition) is 4. The molecule has 0 heterocycles. The van der Waals surface area contributed by atoms with Crippen molar-refractivity contribution in [3.63, 3.8) is 0 Å². The molecule has 2 atom stereocenters. The Morgan fingerprint density at radius 3 is 0.750 bits per heavy atom. The standard InChI is InChI=1S/C40H84N2O2/c1-5-9-11-13-15-17-19-21-23-25-27-29-33-41(37-39(43)7-3)35-31-32-36-42(38-40(44)8-4)34-30-28-26-24-22-20-18-16-14-12-10-6-2/h39-40,43-44H,5-38H2,1-4H3. The first-order valence-corrected chi connectivity index (χ1v) is 20.4. The quantitative estimate of drug-likeness (QED) is 0.0675. The van der Waals surface area contributed by atoms with Crippen LogP contribution in [0.4, 0.5) is 0 Å². The summed E-state index contributed by atoms with van der Waals surface area (Å²) in [6.45, 7) is 14.9. The van der Waals surface area contributed by atoms with Gasteiger partial charge in [-0.05, 0) is 64.7 Å². The molecule has 44 heavy (non-hydrogen) atoms. The Bertz CT molecular complexity index is 486. The molecule has 2 unspecified atom stereocenters. The van der Waals surface area contributed by atoms with Crippen molar-refractivity contribution in [1.82, 2.24) is 9.80 Å². The molecule has 0 amide bonds. The molecule has 4 heteroatoms. The van der Waals surface area contributed by atoms with Gasteiger partial charge >= 0.3 is 0 Å². The van der Waals surface area contributed by atoms with Crippen LogP contribution in [-0.2, 0) is 0 Å². The third kappa shape index (κ3) is 31.8. The summed E-state index contributed by atoms with van der Waals surface area (Å²) in [6, 6.07) is 0. The van der Waals surface area contributed by atoms with Gasteiger partial charge in [0.15, 0.2) is 0 Å². The van der Waals surface area contributed by atoms with Gasteiger partial charge in [-0.1, -0.05) is 169 Å². The number of rotatable bonds is 37. The topological polar surface area (TPSA) is 46.9 Å². The number of nitrogens with zero attached hydrogens (tertiary/aromatic N) is 2. The maximum atomic E-state index is 10.4. The predicted octanol–water partition coefficient (Wildman–Crippen LogP) is 11.3. The van der Waals surface area contributed by atoms with E-state index in [4.69, 9.17) is 0 Å².